The first-order valence-corrected chi connectivity index (χ1v) is 9.15. The Morgan fingerprint density at radius 1 is 0.962 bits per heavy atom. The summed E-state index contributed by atoms with van der Waals surface area (Å²) in [5.74, 6) is 0.386. The second-order valence-electron chi connectivity index (χ2n) is 6.82. The summed E-state index contributed by atoms with van der Waals surface area (Å²) < 4.78 is 0. The Labute approximate surface area is 156 Å². The highest BCUT2D eigenvalue weighted by Crippen LogP contribution is 2.17. The van der Waals surface area contributed by atoms with Crippen molar-refractivity contribution in [2.24, 2.45) is 0 Å². The van der Waals surface area contributed by atoms with Crippen LogP contribution in [0.15, 0.2) is 54.6 Å². The van der Waals surface area contributed by atoms with Gasteiger partial charge in [-0.05, 0) is 35.6 Å². The van der Waals surface area contributed by atoms with Crippen molar-refractivity contribution in [2.45, 2.75) is 39.5 Å². The maximum atomic E-state index is 12.2. The van der Waals surface area contributed by atoms with E-state index in [2.05, 4.69) is 19.2 Å². The second-order valence-corrected chi connectivity index (χ2v) is 6.82. The van der Waals surface area contributed by atoms with Crippen LogP contribution in [0.25, 0.3) is 0 Å². The third kappa shape index (κ3) is 6.36. The van der Waals surface area contributed by atoms with Crippen molar-refractivity contribution in [3.8, 4) is 0 Å². The number of hydrogen-bond donors (Lipinski definition) is 1. The smallest absolute Gasteiger partial charge is 0.226 e. The number of carbonyl (C=O) groups excluding carboxylic acids is 2. The van der Waals surface area contributed by atoms with E-state index in [9.17, 15) is 9.59 Å². The van der Waals surface area contributed by atoms with Crippen molar-refractivity contribution in [3.63, 3.8) is 0 Å². The van der Waals surface area contributed by atoms with Gasteiger partial charge in [-0.15, -0.1) is 0 Å². The van der Waals surface area contributed by atoms with Crippen molar-refractivity contribution >= 4 is 17.5 Å². The van der Waals surface area contributed by atoms with Gasteiger partial charge in [0.25, 0.3) is 0 Å². The molecule has 0 saturated carbocycles. The minimum absolute atomic E-state index is 0.00461. The standard InChI is InChI=1S/C22H28N2O2/c1-17(2)20-9-11-21(12-10-20)23-22(26)14-16-24(18(3)25)15-13-19-7-5-4-6-8-19/h4-12,17H,13-16H2,1-3H3,(H,23,26). The molecule has 0 aliphatic heterocycles. The van der Waals surface area contributed by atoms with Crippen LogP contribution in [0.5, 0.6) is 0 Å². The van der Waals surface area contributed by atoms with Gasteiger partial charge >= 0.3 is 0 Å². The molecule has 0 aliphatic carbocycles. The van der Waals surface area contributed by atoms with Gasteiger partial charge in [0.1, 0.15) is 0 Å². The quantitative estimate of drug-likeness (QED) is 0.773. The van der Waals surface area contributed by atoms with Gasteiger partial charge in [0.2, 0.25) is 11.8 Å². The molecule has 26 heavy (non-hydrogen) atoms. The number of nitrogens with zero attached hydrogens (tertiary/aromatic N) is 1. The van der Waals surface area contributed by atoms with Crippen LogP contribution < -0.4 is 5.32 Å². The number of carbonyl (C=O) groups is 2. The predicted molar refractivity (Wildman–Crippen MR) is 106 cm³/mol. The number of nitrogens with one attached hydrogen (secondary N) is 1. The number of anilines is 1. The van der Waals surface area contributed by atoms with E-state index in [1.165, 1.54) is 11.1 Å². The highest BCUT2D eigenvalue weighted by Gasteiger charge is 2.11. The molecule has 0 fully saturated rings. The fraction of sp³-hybridized carbons (Fsp3) is 0.364. The lowest BCUT2D eigenvalue weighted by Crippen LogP contribution is -2.33. The summed E-state index contributed by atoms with van der Waals surface area (Å²) in [6.45, 7) is 6.88. The van der Waals surface area contributed by atoms with Crippen molar-refractivity contribution in [3.05, 3.63) is 65.7 Å². The normalized spacial score (nSPS) is 10.6. The summed E-state index contributed by atoms with van der Waals surface area (Å²) >= 11 is 0. The fourth-order valence-electron chi connectivity index (χ4n) is 2.75. The third-order valence-corrected chi connectivity index (χ3v) is 4.43. The SMILES string of the molecule is CC(=O)N(CCC(=O)Nc1ccc(C(C)C)cc1)CCc1ccccc1. The molecule has 2 aromatic rings. The summed E-state index contributed by atoms with van der Waals surface area (Å²) in [6.07, 6.45) is 1.08. The Hall–Kier alpha value is -2.62. The Morgan fingerprint density at radius 3 is 2.19 bits per heavy atom. The predicted octanol–water partition coefficient (Wildman–Crippen LogP) is 4.23. The first-order valence-electron chi connectivity index (χ1n) is 9.15. The van der Waals surface area contributed by atoms with Gasteiger partial charge in [0.05, 0.1) is 0 Å². The molecule has 1 N–H and O–H groups in total. The molecule has 0 saturated heterocycles. The summed E-state index contributed by atoms with van der Waals surface area (Å²) in [7, 11) is 0. The maximum absolute atomic E-state index is 12.2. The van der Waals surface area contributed by atoms with Gasteiger partial charge in [-0.1, -0.05) is 56.3 Å². The maximum Gasteiger partial charge on any atom is 0.226 e. The number of rotatable bonds is 8. The first kappa shape index (κ1) is 19.7. The Kier molecular flexibility index (Phi) is 7.39. The fourth-order valence-corrected chi connectivity index (χ4v) is 2.75. The molecule has 4 heteroatoms. The van der Waals surface area contributed by atoms with E-state index in [-0.39, 0.29) is 11.8 Å². The van der Waals surface area contributed by atoms with Crippen LogP contribution >= 0.6 is 0 Å². The molecule has 2 rings (SSSR count). The summed E-state index contributed by atoms with van der Waals surface area (Å²) in [4.78, 5) is 25.7. The molecule has 0 heterocycles. The molecule has 0 aliphatic rings. The van der Waals surface area contributed by atoms with Gasteiger partial charge in [-0.25, -0.2) is 0 Å². The lowest BCUT2D eigenvalue weighted by molar-refractivity contribution is -0.129. The van der Waals surface area contributed by atoms with Gasteiger partial charge in [-0.3, -0.25) is 9.59 Å². The average molecular weight is 352 g/mol. The second kappa shape index (κ2) is 9.76. The first-order chi connectivity index (χ1) is 12.5. The van der Waals surface area contributed by atoms with E-state index in [1.807, 2.05) is 54.6 Å². The van der Waals surface area contributed by atoms with E-state index in [0.717, 1.165) is 12.1 Å². The monoisotopic (exact) mass is 352 g/mol. The number of hydrogen-bond acceptors (Lipinski definition) is 2. The van der Waals surface area contributed by atoms with Crippen LogP contribution in [0.2, 0.25) is 0 Å². The van der Waals surface area contributed by atoms with Crippen LogP contribution in [0.1, 0.15) is 44.2 Å². The van der Waals surface area contributed by atoms with Crippen LogP contribution in [0.4, 0.5) is 5.69 Å². The highest BCUT2D eigenvalue weighted by atomic mass is 16.2. The van der Waals surface area contributed by atoms with E-state index in [1.54, 1.807) is 11.8 Å². The van der Waals surface area contributed by atoms with Crippen molar-refractivity contribution in [1.82, 2.24) is 4.90 Å². The molecule has 0 atom stereocenters. The van der Waals surface area contributed by atoms with E-state index in [4.69, 9.17) is 0 Å². The molecular weight excluding hydrogens is 324 g/mol. The summed E-state index contributed by atoms with van der Waals surface area (Å²) in [5.41, 5.74) is 3.22. The lowest BCUT2D eigenvalue weighted by atomic mass is 10.0. The molecule has 0 radical (unpaired) electrons. The lowest BCUT2D eigenvalue weighted by Gasteiger charge is -2.21. The molecule has 2 aromatic carbocycles. The zero-order valence-electron chi connectivity index (χ0n) is 15.9. The topological polar surface area (TPSA) is 49.4 Å². The van der Waals surface area contributed by atoms with Crippen LogP contribution in [0, 0.1) is 0 Å². The number of amides is 2. The molecule has 0 unspecified atom stereocenters. The van der Waals surface area contributed by atoms with E-state index < -0.39 is 0 Å². The van der Waals surface area contributed by atoms with Gasteiger partial charge in [-0.2, -0.15) is 0 Å². The minimum Gasteiger partial charge on any atom is -0.342 e. The molecular formula is C22H28N2O2. The van der Waals surface area contributed by atoms with E-state index in [0.29, 0.717) is 25.4 Å². The van der Waals surface area contributed by atoms with Gasteiger partial charge in [0.15, 0.2) is 0 Å². The van der Waals surface area contributed by atoms with Gasteiger partial charge in [0, 0.05) is 32.1 Å². The molecule has 0 spiro atoms. The van der Waals surface area contributed by atoms with Crippen molar-refractivity contribution < 1.29 is 9.59 Å². The van der Waals surface area contributed by atoms with Crippen LogP contribution in [-0.2, 0) is 16.0 Å². The summed E-state index contributed by atoms with van der Waals surface area (Å²) in [5, 5.41) is 2.90. The minimum atomic E-state index is -0.0757. The van der Waals surface area contributed by atoms with Crippen molar-refractivity contribution in [2.75, 3.05) is 18.4 Å². The molecule has 0 aromatic heterocycles. The number of benzene rings is 2. The molecule has 4 nitrogen and oxygen atoms in total. The Bertz CT molecular complexity index is 709. The molecule has 138 valence electrons. The zero-order chi connectivity index (χ0) is 18.9. The Balaban J connectivity index is 1.81. The van der Waals surface area contributed by atoms with Crippen LogP contribution in [-0.4, -0.2) is 29.8 Å². The van der Waals surface area contributed by atoms with Crippen LogP contribution in [0.3, 0.4) is 0 Å². The molecule has 2 amide bonds. The summed E-state index contributed by atoms with van der Waals surface area (Å²) in [6, 6.07) is 18.0. The highest BCUT2D eigenvalue weighted by molar-refractivity contribution is 5.91. The average Bonchev–Trinajstić information content (AvgIpc) is 2.62. The largest absolute Gasteiger partial charge is 0.342 e. The van der Waals surface area contributed by atoms with Gasteiger partial charge < -0.3 is 10.2 Å². The van der Waals surface area contributed by atoms with Crippen molar-refractivity contribution in [1.29, 1.82) is 0 Å². The zero-order valence-corrected chi connectivity index (χ0v) is 15.9. The third-order valence-electron chi connectivity index (χ3n) is 4.43. The van der Waals surface area contributed by atoms with E-state index >= 15 is 0 Å². The Morgan fingerprint density at radius 2 is 1.62 bits per heavy atom. The molecule has 0 bridgehead atoms.